The van der Waals surface area contributed by atoms with Gasteiger partial charge >= 0.3 is 0 Å². The Kier molecular flexibility index (Phi) is 6.24. The number of nitrogens with zero attached hydrogens (tertiary/aromatic N) is 2. The van der Waals surface area contributed by atoms with Crippen LogP contribution in [0.5, 0.6) is 0 Å². The molecular formula is C18H28N2O4S. The minimum absolute atomic E-state index is 0.0616. The highest BCUT2D eigenvalue weighted by molar-refractivity contribution is 7.88. The normalized spacial score (nSPS) is 23.8. The van der Waals surface area contributed by atoms with Crippen LogP contribution >= 0.6 is 0 Å². The SMILES string of the molecule is CCC(=O)N1[C@H](CO)[C@H](c2ccccc2)[C@H]1CN(C(C)C)S(C)(=O)=O. The predicted octanol–water partition coefficient (Wildman–Crippen LogP) is 1.42. The van der Waals surface area contributed by atoms with Gasteiger partial charge in [-0.1, -0.05) is 37.3 Å². The van der Waals surface area contributed by atoms with Crippen molar-refractivity contribution in [2.24, 2.45) is 0 Å². The number of sulfonamides is 1. The van der Waals surface area contributed by atoms with Crippen molar-refractivity contribution in [1.29, 1.82) is 0 Å². The minimum Gasteiger partial charge on any atom is -0.394 e. The Bertz CT molecular complexity index is 690. The number of benzene rings is 1. The molecule has 0 spiro atoms. The number of aliphatic hydroxyl groups is 1. The van der Waals surface area contributed by atoms with Gasteiger partial charge in [0.2, 0.25) is 15.9 Å². The van der Waals surface area contributed by atoms with Crippen LogP contribution in [-0.4, -0.2) is 66.2 Å². The number of likely N-dealkylation sites (tertiary alicyclic amines) is 1. The maximum absolute atomic E-state index is 12.4. The maximum Gasteiger partial charge on any atom is 0.222 e. The molecule has 1 aliphatic rings. The van der Waals surface area contributed by atoms with Gasteiger partial charge in [0.15, 0.2) is 0 Å². The summed E-state index contributed by atoms with van der Waals surface area (Å²) in [7, 11) is -3.39. The molecule has 0 bridgehead atoms. The third kappa shape index (κ3) is 4.04. The van der Waals surface area contributed by atoms with Crippen LogP contribution in [0.4, 0.5) is 0 Å². The number of hydrogen-bond donors (Lipinski definition) is 1. The number of amides is 1. The summed E-state index contributed by atoms with van der Waals surface area (Å²) in [5, 5.41) is 9.83. The van der Waals surface area contributed by atoms with E-state index in [1.807, 2.05) is 44.2 Å². The van der Waals surface area contributed by atoms with Crippen LogP contribution < -0.4 is 0 Å². The molecule has 1 amide bonds. The van der Waals surface area contributed by atoms with Gasteiger partial charge in [0.1, 0.15) is 0 Å². The Labute approximate surface area is 150 Å². The van der Waals surface area contributed by atoms with Crippen LogP contribution in [0.15, 0.2) is 30.3 Å². The molecule has 3 atom stereocenters. The van der Waals surface area contributed by atoms with E-state index >= 15 is 0 Å². The Hall–Kier alpha value is -1.44. The molecule has 0 radical (unpaired) electrons. The molecule has 1 aromatic carbocycles. The molecule has 1 heterocycles. The van der Waals surface area contributed by atoms with Crippen molar-refractivity contribution in [3.63, 3.8) is 0 Å². The summed E-state index contributed by atoms with van der Waals surface area (Å²) in [6, 6.07) is 8.90. The molecule has 25 heavy (non-hydrogen) atoms. The Morgan fingerprint density at radius 3 is 2.28 bits per heavy atom. The van der Waals surface area contributed by atoms with Crippen molar-refractivity contribution >= 4 is 15.9 Å². The minimum atomic E-state index is -3.39. The molecule has 6 nitrogen and oxygen atoms in total. The molecule has 1 N–H and O–H groups in total. The predicted molar refractivity (Wildman–Crippen MR) is 97.7 cm³/mol. The van der Waals surface area contributed by atoms with Crippen LogP contribution in [0.25, 0.3) is 0 Å². The average molecular weight is 368 g/mol. The lowest BCUT2D eigenvalue weighted by molar-refractivity contribution is -0.151. The number of rotatable bonds is 7. The van der Waals surface area contributed by atoms with E-state index in [0.717, 1.165) is 5.56 Å². The number of hydrogen-bond acceptors (Lipinski definition) is 4. The van der Waals surface area contributed by atoms with E-state index in [0.29, 0.717) is 6.42 Å². The summed E-state index contributed by atoms with van der Waals surface area (Å²) in [6.07, 6.45) is 1.52. The van der Waals surface area contributed by atoms with Gasteiger partial charge in [0.05, 0.1) is 24.9 Å². The van der Waals surface area contributed by atoms with Gasteiger partial charge in [-0.15, -0.1) is 0 Å². The fourth-order valence-electron chi connectivity index (χ4n) is 3.74. The van der Waals surface area contributed by atoms with Crippen molar-refractivity contribution in [2.45, 2.75) is 51.2 Å². The zero-order valence-electron chi connectivity index (χ0n) is 15.3. The molecular weight excluding hydrogens is 340 g/mol. The van der Waals surface area contributed by atoms with Gasteiger partial charge in [-0.25, -0.2) is 8.42 Å². The highest BCUT2D eigenvalue weighted by Crippen LogP contribution is 2.41. The van der Waals surface area contributed by atoms with Gasteiger partial charge in [-0.05, 0) is 19.4 Å². The molecule has 1 fully saturated rings. The van der Waals surface area contributed by atoms with E-state index < -0.39 is 10.0 Å². The first-order chi connectivity index (χ1) is 11.7. The summed E-state index contributed by atoms with van der Waals surface area (Å²) in [6.45, 7) is 5.53. The molecule has 1 saturated heterocycles. The monoisotopic (exact) mass is 368 g/mol. The summed E-state index contributed by atoms with van der Waals surface area (Å²) >= 11 is 0. The topological polar surface area (TPSA) is 77.9 Å². The lowest BCUT2D eigenvalue weighted by Gasteiger charge is -2.56. The first kappa shape index (κ1) is 19.9. The zero-order chi connectivity index (χ0) is 18.8. The second-order valence-corrected chi connectivity index (χ2v) is 8.77. The Balaban J connectivity index is 2.38. The van der Waals surface area contributed by atoms with E-state index in [1.165, 1.54) is 10.6 Å². The van der Waals surface area contributed by atoms with E-state index in [1.54, 1.807) is 11.8 Å². The maximum atomic E-state index is 12.4. The standard InChI is InChI=1S/C18H28N2O4S/c1-5-17(22)20-15(11-19(13(2)3)25(4,23)24)18(16(20)12-21)14-9-7-6-8-10-14/h6-10,13,15-16,18,21H,5,11-12H2,1-4H3/t15-,16-,18-/m1/s1. The lowest BCUT2D eigenvalue weighted by Crippen LogP contribution is -2.69. The molecule has 0 saturated carbocycles. The van der Waals surface area contributed by atoms with Gasteiger partial charge in [-0.2, -0.15) is 4.31 Å². The van der Waals surface area contributed by atoms with Crippen LogP contribution in [0, 0.1) is 0 Å². The molecule has 140 valence electrons. The number of carbonyl (C=O) groups excluding carboxylic acids is 1. The van der Waals surface area contributed by atoms with Crippen LogP contribution in [0.3, 0.4) is 0 Å². The molecule has 0 unspecified atom stereocenters. The first-order valence-corrected chi connectivity index (χ1v) is 10.5. The highest BCUT2D eigenvalue weighted by Gasteiger charge is 2.51. The van der Waals surface area contributed by atoms with E-state index in [2.05, 4.69) is 0 Å². The third-order valence-corrected chi connectivity index (χ3v) is 6.30. The summed E-state index contributed by atoms with van der Waals surface area (Å²) < 4.78 is 25.8. The largest absolute Gasteiger partial charge is 0.394 e. The van der Waals surface area contributed by atoms with E-state index in [4.69, 9.17) is 0 Å². The molecule has 0 aromatic heterocycles. The molecule has 0 aliphatic carbocycles. The van der Waals surface area contributed by atoms with Crippen LogP contribution in [0.2, 0.25) is 0 Å². The van der Waals surface area contributed by atoms with Crippen molar-refractivity contribution < 1.29 is 18.3 Å². The van der Waals surface area contributed by atoms with Crippen LogP contribution in [-0.2, 0) is 14.8 Å². The van der Waals surface area contributed by atoms with Crippen molar-refractivity contribution in [3.05, 3.63) is 35.9 Å². The second kappa shape index (κ2) is 7.85. The summed E-state index contributed by atoms with van der Waals surface area (Å²) in [5.41, 5.74) is 1.02. The highest BCUT2D eigenvalue weighted by atomic mass is 32.2. The fourth-order valence-corrected chi connectivity index (χ4v) is 4.92. The van der Waals surface area contributed by atoms with Gasteiger partial charge in [0.25, 0.3) is 0 Å². The third-order valence-electron chi connectivity index (χ3n) is 4.87. The molecule has 1 aliphatic heterocycles. The number of aliphatic hydroxyl groups excluding tert-OH is 1. The first-order valence-electron chi connectivity index (χ1n) is 8.66. The quantitative estimate of drug-likeness (QED) is 0.790. The summed E-state index contributed by atoms with van der Waals surface area (Å²) in [5.74, 6) is -0.141. The molecule has 1 aromatic rings. The average Bonchev–Trinajstić information content (AvgIpc) is 2.53. The fraction of sp³-hybridized carbons (Fsp3) is 0.611. The lowest BCUT2D eigenvalue weighted by atomic mass is 9.74. The van der Waals surface area contributed by atoms with Gasteiger partial charge in [0, 0.05) is 24.9 Å². The van der Waals surface area contributed by atoms with E-state index in [9.17, 15) is 18.3 Å². The van der Waals surface area contributed by atoms with E-state index in [-0.39, 0.29) is 43.1 Å². The molecule has 2 rings (SSSR count). The van der Waals surface area contributed by atoms with Gasteiger partial charge in [-0.3, -0.25) is 4.79 Å². The van der Waals surface area contributed by atoms with Crippen molar-refractivity contribution in [3.8, 4) is 0 Å². The second-order valence-electron chi connectivity index (χ2n) is 6.83. The molecule has 7 heteroatoms. The van der Waals surface area contributed by atoms with Crippen LogP contribution in [0.1, 0.15) is 38.7 Å². The van der Waals surface area contributed by atoms with Gasteiger partial charge < -0.3 is 10.0 Å². The number of carbonyl (C=O) groups is 1. The van der Waals surface area contributed by atoms with Crippen molar-refractivity contribution in [2.75, 3.05) is 19.4 Å². The van der Waals surface area contributed by atoms with Crippen molar-refractivity contribution in [1.82, 2.24) is 9.21 Å². The summed E-state index contributed by atoms with van der Waals surface area (Å²) in [4.78, 5) is 14.1. The Morgan fingerprint density at radius 1 is 1.24 bits per heavy atom. The zero-order valence-corrected chi connectivity index (χ0v) is 16.1. The smallest absolute Gasteiger partial charge is 0.222 e. The Morgan fingerprint density at radius 2 is 1.84 bits per heavy atom.